The minimum absolute atomic E-state index is 0.254. The highest BCUT2D eigenvalue weighted by atomic mass is 79.9. The van der Waals surface area contributed by atoms with Crippen molar-refractivity contribution in [3.63, 3.8) is 0 Å². The predicted molar refractivity (Wildman–Crippen MR) is 73.1 cm³/mol. The van der Waals surface area contributed by atoms with E-state index in [-0.39, 0.29) is 13.1 Å². The second kappa shape index (κ2) is 6.13. The van der Waals surface area contributed by atoms with Gasteiger partial charge in [0.1, 0.15) is 4.90 Å². The molecule has 1 aliphatic rings. The molecule has 0 saturated carbocycles. The van der Waals surface area contributed by atoms with Crippen molar-refractivity contribution < 1.29 is 26.3 Å². The van der Waals surface area contributed by atoms with Crippen molar-refractivity contribution in [3.8, 4) is 5.75 Å². The van der Waals surface area contributed by atoms with E-state index in [4.69, 9.17) is 0 Å². The van der Waals surface area contributed by atoms with Crippen LogP contribution in [0.4, 0.5) is 13.2 Å². The van der Waals surface area contributed by atoms with Crippen LogP contribution in [0.2, 0.25) is 0 Å². The van der Waals surface area contributed by atoms with Gasteiger partial charge >= 0.3 is 6.36 Å². The number of benzene rings is 1. The number of nitrogens with zero attached hydrogens (tertiary/aromatic N) is 1. The summed E-state index contributed by atoms with van der Waals surface area (Å²) in [5.74, 6) is -0.730. The number of hydrogen-bond donors (Lipinski definition) is 0. The highest BCUT2D eigenvalue weighted by molar-refractivity contribution is 9.10. The molecule has 1 fully saturated rings. The molecule has 0 unspecified atom stereocenters. The molecule has 1 heterocycles. The molecule has 2 rings (SSSR count). The molecule has 1 aromatic rings. The van der Waals surface area contributed by atoms with Gasteiger partial charge in [0.25, 0.3) is 0 Å². The van der Waals surface area contributed by atoms with Crippen LogP contribution >= 0.6 is 15.9 Å². The smallest absolute Gasteiger partial charge is 0.404 e. The molecule has 1 saturated heterocycles. The monoisotopic (exact) mass is 386 g/mol. The summed E-state index contributed by atoms with van der Waals surface area (Å²) in [4.78, 5) is -0.482. The minimum atomic E-state index is -4.96. The van der Waals surface area contributed by atoms with Gasteiger partial charge in [0.05, 0.1) is 0 Å². The molecule has 0 atom stereocenters. The first-order valence-corrected chi connectivity index (χ1v) is 8.30. The highest BCUT2D eigenvalue weighted by Gasteiger charge is 2.36. The molecule has 1 aromatic carbocycles. The molecule has 0 N–H and O–H groups in total. The molecule has 117 valence electrons. The molecule has 1 aliphatic heterocycles. The fourth-order valence-electron chi connectivity index (χ4n) is 2.01. The summed E-state index contributed by atoms with van der Waals surface area (Å²) in [5.41, 5.74) is 0. The molecule has 21 heavy (non-hydrogen) atoms. The SMILES string of the molecule is O=S(=O)(c1ccc(Br)cc1OC(F)(F)F)N1CC[CH]CC1. The standard InChI is InChI=1S/C12H12BrF3NO3S/c13-9-4-5-11(10(8-9)20-12(14,15)16)21(18,19)17-6-2-1-3-7-17/h1,4-5,8H,2-3,6-7H2. The van der Waals surface area contributed by atoms with Crippen molar-refractivity contribution in [1.82, 2.24) is 4.31 Å². The highest BCUT2D eigenvalue weighted by Crippen LogP contribution is 2.34. The summed E-state index contributed by atoms with van der Waals surface area (Å²) in [6.45, 7) is 0.508. The Bertz CT molecular complexity index is 613. The van der Waals surface area contributed by atoms with Gasteiger partial charge in [-0.2, -0.15) is 4.31 Å². The number of rotatable bonds is 3. The zero-order valence-electron chi connectivity index (χ0n) is 10.7. The van der Waals surface area contributed by atoms with E-state index in [2.05, 4.69) is 20.7 Å². The van der Waals surface area contributed by atoms with Crippen molar-refractivity contribution in [2.75, 3.05) is 13.1 Å². The molecule has 4 nitrogen and oxygen atoms in total. The second-order valence-electron chi connectivity index (χ2n) is 4.41. The number of sulfonamides is 1. The van der Waals surface area contributed by atoms with Gasteiger partial charge in [0, 0.05) is 17.6 Å². The van der Waals surface area contributed by atoms with E-state index in [1.54, 1.807) is 0 Å². The summed E-state index contributed by atoms with van der Waals surface area (Å²) in [7, 11) is -4.01. The summed E-state index contributed by atoms with van der Waals surface area (Å²) >= 11 is 3.01. The maximum atomic E-state index is 12.5. The Morgan fingerprint density at radius 2 is 1.81 bits per heavy atom. The van der Waals surface area contributed by atoms with Gasteiger partial charge in [-0.1, -0.05) is 15.9 Å². The van der Waals surface area contributed by atoms with E-state index < -0.39 is 27.0 Å². The van der Waals surface area contributed by atoms with E-state index in [1.165, 1.54) is 10.4 Å². The molecule has 0 aromatic heterocycles. The normalized spacial score (nSPS) is 17.7. The topological polar surface area (TPSA) is 46.6 Å². The second-order valence-corrected chi connectivity index (χ2v) is 7.23. The Labute approximate surface area is 129 Å². The Morgan fingerprint density at radius 1 is 1.19 bits per heavy atom. The van der Waals surface area contributed by atoms with Crippen molar-refractivity contribution in [2.24, 2.45) is 0 Å². The molecule has 1 radical (unpaired) electrons. The fraction of sp³-hybridized carbons (Fsp3) is 0.417. The van der Waals surface area contributed by atoms with Gasteiger partial charge in [-0.15, -0.1) is 13.2 Å². The Kier molecular flexibility index (Phi) is 4.84. The number of hydrogen-bond acceptors (Lipinski definition) is 3. The minimum Gasteiger partial charge on any atom is -0.404 e. The number of piperidine rings is 1. The Balaban J connectivity index is 2.42. The average molecular weight is 387 g/mol. The van der Waals surface area contributed by atoms with Crippen LogP contribution in [0.5, 0.6) is 5.75 Å². The third-order valence-electron chi connectivity index (χ3n) is 2.91. The van der Waals surface area contributed by atoms with Crippen molar-refractivity contribution in [1.29, 1.82) is 0 Å². The zero-order chi connectivity index (χ0) is 15.7. The summed E-state index contributed by atoms with van der Waals surface area (Å²) < 4.78 is 67.5. The van der Waals surface area contributed by atoms with E-state index in [0.29, 0.717) is 17.3 Å². The van der Waals surface area contributed by atoms with E-state index in [0.717, 1.165) is 12.1 Å². The molecule has 0 amide bonds. The van der Waals surface area contributed by atoms with Crippen LogP contribution in [-0.2, 0) is 10.0 Å². The van der Waals surface area contributed by atoms with E-state index in [1.807, 2.05) is 6.42 Å². The van der Waals surface area contributed by atoms with Crippen LogP contribution in [0.3, 0.4) is 0 Å². The first kappa shape index (κ1) is 16.6. The van der Waals surface area contributed by atoms with Gasteiger partial charge in [-0.25, -0.2) is 8.42 Å². The molecular weight excluding hydrogens is 375 g/mol. The third-order valence-corrected chi connectivity index (χ3v) is 5.35. The molecule has 0 bridgehead atoms. The Morgan fingerprint density at radius 3 is 2.38 bits per heavy atom. The lowest BCUT2D eigenvalue weighted by atomic mass is 10.2. The maximum absolute atomic E-state index is 12.5. The van der Waals surface area contributed by atoms with Crippen molar-refractivity contribution in [2.45, 2.75) is 24.1 Å². The molecular formula is C12H12BrF3NO3S. The van der Waals surface area contributed by atoms with Crippen LogP contribution in [0.15, 0.2) is 27.6 Å². The van der Waals surface area contributed by atoms with Crippen LogP contribution in [0.25, 0.3) is 0 Å². The summed E-state index contributed by atoms with van der Waals surface area (Å²) in [6, 6.07) is 3.47. The van der Waals surface area contributed by atoms with Gasteiger partial charge in [0.15, 0.2) is 5.75 Å². The van der Waals surface area contributed by atoms with Crippen molar-refractivity contribution >= 4 is 26.0 Å². The first-order valence-electron chi connectivity index (χ1n) is 6.07. The van der Waals surface area contributed by atoms with E-state index >= 15 is 0 Å². The van der Waals surface area contributed by atoms with Gasteiger partial charge in [0.2, 0.25) is 10.0 Å². The van der Waals surface area contributed by atoms with Crippen LogP contribution in [0, 0.1) is 6.42 Å². The van der Waals surface area contributed by atoms with Crippen LogP contribution in [-0.4, -0.2) is 32.2 Å². The van der Waals surface area contributed by atoms with E-state index in [9.17, 15) is 21.6 Å². The maximum Gasteiger partial charge on any atom is 0.573 e. The lowest BCUT2D eigenvalue weighted by Crippen LogP contribution is -2.36. The van der Waals surface area contributed by atoms with Gasteiger partial charge in [-0.05, 0) is 37.5 Å². The average Bonchev–Trinajstić information content (AvgIpc) is 2.37. The molecule has 0 aliphatic carbocycles. The fourth-order valence-corrected chi connectivity index (χ4v) is 3.91. The van der Waals surface area contributed by atoms with Crippen molar-refractivity contribution in [3.05, 3.63) is 29.1 Å². The first-order chi connectivity index (χ1) is 9.70. The summed E-state index contributed by atoms with van der Waals surface area (Å²) in [5, 5.41) is 0. The molecule has 9 heteroatoms. The zero-order valence-corrected chi connectivity index (χ0v) is 13.1. The largest absolute Gasteiger partial charge is 0.573 e. The number of ether oxygens (including phenoxy) is 1. The molecule has 0 spiro atoms. The van der Waals surface area contributed by atoms with Gasteiger partial charge in [-0.3, -0.25) is 0 Å². The quantitative estimate of drug-likeness (QED) is 0.800. The third kappa shape index (κ3) is 4.10. The number of alkyl halides is 3. The number of halogens is 4. The summed E-state index contributed by atoms with van der Waals surface area (Å²) in [6.07, 6.45) is -1.86. The van der Waals surface area contributed by atoms with Crippen LogP contribution in [0.1, 0.15) is 12.8 Å². The lowest BCUT2D eigenvalue weighted by molar-refractivity contribution is -0.275. The van der Waals surface area contributed by atoms with Crippen LogP contribution < -0.4 is 4.74 Å². The predicted octanol–water partition coefficient (Wildman–Crippen LogP) is 3.34. The van der Waals surface area contributed by atoms with Gasteiger partial charge < -0.3 is 4.74 Å². The Hall–Kier alpha value is -0.800. The lowest BCUT2D eigenvalue weighted by Gasteiger charge is -2.26.